The van der Waals surface area contributed by atoms with E-state index in [0.29, 0.717) is 38.1 Å². The monoisotopic (exact) mass is 551 g/mol. The number of benzene rings is 2. The Hall–Kier alpha value is -3.39. The van der Waals surface area contributed by atoms with Gasteiger partial charge in [0.15, 0.2) is 0 Å². The maximum Gasteiger partial charge on any atom is 0.249 e. The first-order chi connectivity index (χ1) is 19.2. The first-order valence-electron chi connectivity index (χ1n) is 14.5. The molecule has 1 aliphatic heterocycles. The van der Waals surface area contributed by atoms with Crippen LogP contribution < -0.4 is 10.1 Å². The largest absolute Gasteiger partial charge is 0.457 e. The molecule has 0 saturated carbocycles. The maximum atomic E-state index is 13.7. The molecule has 0 bridgehead atoms. The zero-order chi connectivity index (χ0) is 29.1. The highest BCUT2D eigenvalue weighted by atomic mass is 16.7. The van der Waals surface area contributed by atoms with Crippen LogP contribution in [0.2, 0.25) is 0 Å². The Morgan fingerprint density at radius 1 is 1.05 bits per heavy atom. The third kappa shape index (κ3) is 8.81. The number of ether oxygens (including phenoxy) is 1. The molecule has 8 heteroatoms. The van der Waals surface area contributed by atoms with Gasteiger partial charge in [-0.2, -0.15) is 0 Å². The number of carbonyl (C=O) groups is 3. The minimum absolute atomic E-state index is 0.0871. The topological polar surface area (TPSA) is 88.2 Å². The number of nitrogens with zero attached hydrogens (tertiary/aromatic N) is 2. The average molecular weight is 552 g/mol. The van der Waals surface area contributed by atoms with Crippen LogP contribution in [0.15, 0.2) is 54.6 Å². The van der Waals surface area contributed by atoms with Crippen LogP contribution in [0.1, 0.15) is 64.9 Å². The van der Waals surface area contributed by atoms with E-state index in [9.17, 15) is 14.4 Å². The highest BCUT2D eigenvalue weighted by molar-refractivity contribution is 5.91. The Morgan fingerprint density at radius 3 is 2.45 bits per heavy atom. The average Bonchev–Trinajstić information content (AvgIpc) is 3.11. The summed E-state index contributed by atoms with van der Waals surface area (Å²) >= 11 is 0. The van der Waals surface area contributed by atoms with E-state index >= 15 is 0 Å². The van der Waals surface area contributed by atoms with Crippen LogP contribution in [-0.2, 0) is 25.8 Å². The molecule has 2 aromatic carbocycles. The van der Waals surface area contributed by atoms with Crippen molar-refractivity contribution in [1.29, 1.82) is 0 Å². The van der Waals surface area contributed by atoms with Crippen molar-refractivity contribution in [2.75, 3.05) is 20.7 Å². The second-order valence-electron chi connectivity index (χ2n) is 11.0. The van der Waals surface area contributed by atoms with Crippen molar-refractivity contribution in [2.45, 2.75) is 71.9 Å². The summed E-state index contributed by atoms with van der Waals surface area (Å²) in [7, 11) is 3.02. The summed E-state index contributed by atoms with van der Waals surface area (Å²) in [6.45, 7) is 7.15. The lowest BCUT2D eigenvalue weighted by Gasteiger charge is -2.31. The van der Waals surface area contributed by atoms with Crippen LogP contribution in [0.4, 0.5) is 0 Å². The number of para-hydroxylation sites is 1. The van der Waals surface area contributed by atoms with Crippen LogP contribution in [0.5, 0.6) is 11.5 Å². The molecule has 1 aliphatic rings. The normalized spacial score (nSPS) is 17.2. The van der Waals surface area contributed by atoms with Crippen molar-refractivity contribution < 1.29 is 24.0 Å². The smallest absolute Gasteiger partial charge is 0.249 e. The number of carbonyl (C=O) groups excluding carboxylic acids is 3. The van der Waals surface area contributed by atoms with E-state index in [0.717, 1.165) is 30.6 Å². The lowest BCUT2D eigenvalue weighted by molar-refractivity contribution is -0.176. The number of nitrogens with one attached hydrogen (secondary N) is 1. The quantitative estimate of drug-likeness (QED) is 0.329. The van der Waals surface area contributed by atoms with Crippen LogP contribution in [-0.4, -0.2) is 54.4 Å². The van der Waals surface area contributed by atoms with Crippen molar-refractivity contribution >= 4 is 17.7 Å². The predicted octanol–water partition coefficient (Wildman–Crippen LogP) is 5.57. The second kappa shape index (κ2) is 15.4. The standard InChI is InChI=1S/C32H45N3O5/c1-6-13-27(31(37)34(4)39-5)28(20-23(2)3)30(36)33-29-18-10-11-19-35(32(29)38)22-24-14-12-17-26(21-24)40-25-15-8-7-9-16-25/h7-9,12,14-17,21,23,27-29H,6,10-11,13,18-20,22H2,1-5H3,(H,33,36)/t27-,28?,29-/m0/s1. The summed E-state index contributed by atoms with van der Waals surface area (Å²) in [4.78, 5) is 47.5. The molecule has 3 rings (SSSR count). The van der Waals surface area contributed by atoms with Crippen molar-refractivity contribution in [1.82, 2.24) is 15.3 Å². The fourth-order valence-electron chi connectivity index (χ4n) is 5.32. The summed E-state index contributed by atoms with van der Waals surface area (Å²) in [5.41, 5.74) is 0.961. The van der Waals surface area contributed by atoms with Gasteiger partial charge in [-0.3, -0.25) is 19.2 Å². The van der Waals surface area contributed by atoms with Crippen LogP contribution in [0.3, 0.4) is 0 Å². The molecule has 1 heterocycles. The molecule has 8 nitrogen and oxygen atoms in total. The number of hydrogen-bond donors (Lipinski definition) is 1. The molecule has 0 radical (unpaired) electrons. The zero-order valence-electron chi connectivity index (χ0n) is 24.6. The molecule has 1 unspecified atom stereocenters. The first kappa shape index (κ1) is 31.1. The van der Waals surface area contributed by atoms with Crippen molar-refractivity contribution in [3.8, 4) is 11.5 Å². The molecule has 1 saturated heterocycles. The summed E-state index contributed by atoms with van der Waals surface area (Å²) in [6, 6.07) is 16.7. The summed E-state index contributed by atoms with van der Waals surface area (Å²) in [5, 5.41) is 4.26. The predicted molar refractivity (Wildman–Crippen MR) is 155 cm³/mol. The molecule has 3 amide bonds. The molecule has 1 fully saturated rings. The van der Waals surface area contributed by atoms with Crippen LogP contribution in [0.25, 0.3) is 0 Å². The summed E-state index contributed by atoms with van der Waals surface area (Å²) in [6.07, 6.45) is 4.17. The van der Waals surface area contributed by atoms with Gasteiger partial charge in [0.1, 0.15) is 17.5 Å². The van der Waals surface area contributed by atoms with E-state index in [1.165, 1.54) is 12.2 Å². The van der Waals surface area contributed by atoms with Gasteiger partial charge in [-0.25, -0.2) is 5.06 Å². The van der Waals surface area contributed by atoms with Crippen molar-refractivity contribution in [3.63, 3.8) is 0 Å². The molecule has 0 aromatic heterocycles. The van der Waals surface area contributed by atoms with E-state index in [-0.39, 0.29) is 23.6 Å². The Bertz CT molecular complexity index is 1110. The van der Waals surface area contributed by atoms with Gasteiger partial charge >= 0.3 is 0 Å². The van der Waals surface area contributed by atoms with Crippen molar-refractivity contribution in [3.05, 3.63) is 60.2 Å². The van der Waals surface area contributed by atoms with Crippen LogP contribution in [0, 0.1) is 17.8 Å². The molecule has 218 valence electrons. The molecule has 2 aromatic rings. The van der Waals surface area contributed by atoms with Crippen LogP contribution >= 0.6 is 0 Å². The minimum atomic E-state index is -0.619. The van der Waals surface area contributed by atoms with Gasteiger partial charge in [-0.05, 0) is 67.9 Å². The van der Waals surface area contributed by atoms with E-state index < -0.39 is 17.9 Å². The molecule has 40 heavy (non-hydrogen) atoms. The van der Waals surface area contributed by atoms with Gasteiger partial charge in [0, 0.05) is 26.1 Å². The van der Waals surface area contributed by atoms with E-state index in [1.807, 2.05) is 80.3 Å². The molecule has 0 aliphatic carbocycles. The molecular formula is C32H45N3O5. The Balaban J connectivity index is 1.74. The number of likely N-dealkylation sites (tertiary alicyclic amines) is 1. The Kier molecular flexibility index (Phi) is 12.0. The van der Waals surface area contributed by atoms with Crippen molar-refractivity contribution in [2.24, 2.45) is 17.8 Å². The van der Waals surface area contributed by atoms with E-state index in [4.69, 9.17) is 9.57 Å². The second-order valence-corrected chi connectivity index (χ2v) is 11.0. The summed E-state index contributed by atoms with van der Waals surface area (Å²) < 4.78 is 5.98. The number of amides is 3. The highest BCUT2D eigenvalue weighted by Crippen LogP contribution is 2.28. The fraction of sp³-hybridized carbons (Fsp3) is 0.531. The lowest BCUT2D eigenvalue weighted by atomic mass is 9.81. The fourth-order valence-corrected chi connectivity index (χ4v) is 5.32. The van der Waals surface area contributed by atoms with Gasteiger partial charge in [-0.1, -0.05) is 57.5 Å². The third-order valence-electron chi connectivity index (χ3n) is 7.40. The first-order valence-corrected chi connectivity index (χ1v) is 14.5. The van der Waals surface area contributed by atoms with E-state index in [1.54, 1.807) is 7.05 Å². The summed E-state index contributed by atoms with van der Waals surface area (Å²) in [5.74, 6) is 0.0854. The Labute approximate surface area is 239 Å². The Morgan fingerprint density at radius 2 is 1.77 bits per heavy atom. The van der Waals surface area contributed by atoms with Gasteiger partial charge in [0.2, 0.25) is 17.7 Å². The minimum Gasteiger partial charge on any atom is -0.457 e. The number of rotatable bonds is 13. The highest BCUT2D eigenvalue weighted by Gasteiger charge is 2.38. The SMILES string of the molecule is CCC[C@H](C(=O)N(C)OC)C(CC(C)C)C(=O)N[C@H]1CCCCN(Cc2cccc(Oc3ccccc3)c2)C1=O. The van der Waals surface area contributed by atoms with Gasteiger partial charge in [0.05, 0.1) is 13.0 Å². The number of hydroxylamine groups is 2. The molecule has 1 N–H and O–H groups in total. The maximum absolute atomic E-state index is 13.7. The molecular weight excluding hydrogens is 506 g/mol. The lowest BCUT2D eigenvalue weighted by Crippen LogP contribution is -2.51. The van der Waals surface area contributed by atoms with Gasteiger partial charge in [-0.15, -0.1) is 0 Å². The molecule has 3 atom stereocenters. The zero-order valence-corrected chi connectivity index (χ0v) is 24.6. The van der Waals surface area contributed by atoms with E-state index in [2.05, 4.69) is 5.32 Å². The third-order valence-corrected chi connectivity index (χ3v) is 7.40. The van der Waals surface area contributed by atoms with Gasteiger partial charge < -0.3 is 15.0 Å². The van der Waals surface area contributed by atoms with Gasteiger partial charge in [0.25, 0.3) is 0 Å². The number of hydrogen-bond acceptors (Lipinski definition) is 5. The molecule has 0 spiro atoms.